The van der Waals surface area contributed by atoms with Crippen molar-refractivity contribution in [1.82, 2.24) is 5.32 Å². The number of aliphatic hydroxyl groups excluding tert-OH is 1. The Morgan fingerprint density at radius 2 is 1.65 bits per heavy atom. The van der Waals surface area contributed by atoms with E-state index in [1.807, 2.05) is 0 Å². The van der Waals surface area contributed by atoms with Crippen molar-refractivity contribution in [3.63, 3.8) is 0 Å². The fourth-order valence-corrected chi connectivity index (χ4v) is 2.71. The van der Waals surface area contributed by atoms with Gasteiger partial charge in [-0.3, -0.25) is 0 Å². The number of hydrogen-bond donors (Lipinski definition) is 2. The van der Waals surface area contributed by atoms with E-state index in [9.17, 15) is 5.11 Å². The second-order valence-electron chi connectivity index (χ2n) is 5.38. The van der Waals surface area contributed by atoms with Gasteiger partial charge in [0.15, 0.2) is 0 Å². The van der Waals surface area contributed by atoms with Crippen molar-refractivity contribution in [2.75, 3.05) is 0 Å². The number of aryl methyl sites for hydroxylation is 2. The average Bonchev–Trinajstić information content (AvgIpc) is 2.27. The van der Waals surface area contributed by atoms with E-state index in [0.29, 0.717) is 6.04 Å². The Morgan fingerprint density at radius 3 is 2.24 bits per heavy atom. The summed E-state index contributed by atoms with van der Waals surface area (Å²) in [6, 6.07) is 7.29. The van der Waals surface area contributed by atoms with Crippen LogP contribution in [-0.2, 0) is 6.54 Å². The molecule has 1 aliphatic rings. The fraction of sp³-hybridized carbons (Fsp3) is 0.600. The lowest BCUT2D eigenvalue weighted by Crippen LogP contribution is -2.34. The summed E-state index contributed by atoms with van der Waals surface area (Å²) in [6.07, 6.45) is 4.04. The lowest BCUT2D eigenvalue weighted by molar-refractivity contribution is 0.116. The first-order valence-electron chi connectivity index (χ1n) is 6.62. The second kappa shape index (κ2) is 5.65. The molecule has 2 rings (SSSR count). The SMILES string of the molecule is Cc1cc(C)cc(CNC2CCC(O)CC2)c1. The van der Waals surface area contributed by atoms with Gasteiger partial charge in [-0.1, -0.05) is 29.3 Å². The third-order valence-electron chi connectivity index (χ3n) is 3.57. The van der Waals surface area contributed by atoms with Crippen LogP contribution in [0, 0.1) is 13.8 Å². The van der Waals surface area contributed by atoms with E-state index in [-0.39, 0.29) is 6.10 Å². The van der Waals surface area contributed by atoms with Gasteiger partial charge in [0.1, 0.15) is 0 Å². The molecule has 0 bridgehead atoms. The average molecular weight is 233 g/mol. The maximum Gasteiger partial charge on any atom is 0.0541 e. The molecular formula is C15H23NO. The minimum Gasteiger partial charge on any atom is -0.393 e. The van der Waals surface area contributed by atoms with Crippen LogP contribution in [0.3, 0.4) is 0 Å². The summed E-state index contributed by atoms with van der Waals surface area (Å²) in [5, 5.41) is 13.1. The van der Waals surface area contributed by atoms with Gasteiger partial charge < -0.3 is 10.4 Å². The lowest BCUT2D eigenvalue weighted by Gasteiger charge is -2.26. The normalized spacial score (nSPS) is 24.9. The standard InChI is InChI=1S/C15H23NO/c1-11-7-12(2)9-13(8-11)10-16-14-3-5-15(17)6-4-14/h7-9,14-17H,3-6,10H2,1-2H3. The molecule has 0 aromatic heterocycles. The molecule has 2 N–H and O–H groups in total. The Balaban J connectivity index is 1.85. The molecule has 0 amide bonds. The van der Waals surface area contributed by atoms with Gasteiger partial charge in [-0.05, 0) is 45.1 Å². The quantitative estimate of drug-likeness (QED) is 0.841. The van der Waals surface area contributed by atoms with E-state index in [2.05, 4.69) is 37.4 Å². The number of rotatable bonds is 3. The third kappa shape index (κ3) is 3.83. The molecule has 1 aliphatic carbocycles. The molecule has 0 saturated heterocycles. The zero-order valence-corrected chi connectivity index (χ0v) is 10.9. The highest BCUT2D eigenvalue weighted by atomic mass is 16.3. The van der Waals surface area contributed by atoms with Crippen LogP contribution in [0.4, 0.5) is 0 Å². The van der Waals surface area contributed by atoms with Gasteiger partial charge in [-0.15, -0.1) is 0 Å². The largest absolute Gasteiger partial charge is 0.393 e. The molecule has 0 heterocycles. The molecule has 17 heavy (non-hydrogen) atoms. The molecule has 1 saturated carbocycles. The van der Waals surface area contributed by atoms with Gasteiger partial charge in [-0.2, -0.15) is 0 Å². The molecule has 1 aromatic carbocycles. The predicted molar refractivity (Wildman–Crippen MR) is 71.0 cm³/mol. The first kappa shape index (κ1) is 12.6. The number of hydrogen-bond acceptors (Lipinski definition) is 2. The molecule has 94 valence electrons. The summed E-state index contributed by atoms with van der Waals surface area (Å²) in [7, 11) is 0. The predicted octanol–water partition coefficient (Wildman–Crippen LogP) is 2.70. The zero-order valence-electron chi connectivity index (χ0n) is 10.9. The molecule has 0 radical (unpaired) electrons. The Bertz CT molecular complexity index is 347. The molecule has 0 aliphatic heterocycles. The highest BCUT2D eigenvalue weighted by Crippen LogP contribution is 2.19. The third-order valence-corrected chi connectivity index (χ3v) is 3.57. The molecule has 2 heteroatoms. The van der Waals surface area contributed by atoms with Gasteiger partial charge in [0.25, 0.3) is 0 Å². The van der Waals surface area contributed by atoms with Gasteiger partial charge in [0, 0.05) is 12.6 Å². The van der Waals surface area contributed by atoms with Crippen molar-refractivity contribution in [1.29, 1.82) is 0 Å². The van der Waals surface area contributed by atoms with Crippen LogP contribution in [0.25, 0.3) is 0 Å². The minimum absolute atomic E-state index is 0.0609. The van der Waals surface area contributed by atoms with Crippen LogP contribution in [0.2, 0.25) is 0 Å². The summed E-state index contributed by atoms with van der Waals surface area (Å²) in [6.45, 7) is 5.24. The topological polar surface area (TPSA) is 32.3 Å². The van der Waals surface area contributed by atoms with Crippen LogP contribution < -0.4 is 5.32 Å². The lowest BCUT2D eigenvalue weighted by atomic mass is 9.93. The Morgan fingerprint density at radius 1 is 1.06 bits per heavy atom. The highest BCUT2D eigenvalue weighted by molar-refractivity contribution is 5.28. The second-order valence-corrected chi connectivity index (χ2v) is 5.38. The van der Waals surface area contributed by atoms with Crippen molar-refractivity contribution >= 4 is 0 Å². The van der Waals surface area contributed by atoms with Crippen LogP contribution in [-0.4, -0.2) is 17.3 Å². The minimum atomic E-state index is -0.0609. The van der Waals surface area contributed by atoms with E-state index in [4.69, 9.17) is 0 Å². The molecule has 1 aromatic rings. The van der Waals surface area contributed by atoms with E-state index < -0.39 is 0 Å². The molecule has 2 nitrogen and oxygen atoms in total. The maximum atomic E-state index is 9.46. The summed E-state index contributed by atoms with van der Waals surface area (Å²) in [5.41, 5.74) is 4.04. The molecule has 0 atom stereocenters. The highest BCUT2D eigenvalue weighted by Gasteiger charge is 2.18. The van der Waals surface area contributed by atoms with Crippen LogP contribution in [0.5, 0.6) is 0 Å². The van der Waals surface area contributed by atoms with E-state index in [1.165, 1.54) is 16.7 Å². The van der Waals surface area contributed by atoms with Crippen LogP contribution in [0.15, 0.2) is 18.2 Å². The Kier molecular flexibility index (Phi) is 4.19. The van der Waals surface area contributed by atoms with Gasteiger partial charge in [0.05, 0.1) is 6.10 Å². The number of nitrogens with one attached hydrogen (secondary N) is 1. The smallest absolute Gasteiger partial charge is 0.0541 e. The summed E-state index contributed by atoms with van der Waals surface area (Å²) < 4.78 is 0. The van der Waals surface area contributed by atoms with Gasteiger partial charge >= 0.3 is 0 Å². The van der Waals surface area contributed by atoms with Crippen molar-refractivity contribution in [2.24, 2.45) is 0 Å². The first-order valence-corrected chi connectivity index (χ1v) is 6.62. The van der Waals surface area contributed by atoms with Crippen LogP contribution in [0.1, 0.15) is 42.4 Å². The molecule has 0 unspecified atom stereocenters. The van der Waals surface area contributed by atoms with Crippen molar-refractivity contribution in [3.05, 3.63) is 34.9 Å². The van der Waals surface area contributed by atoms with Gasteiger partial charge in [0.2, 0.25) is 0 Å². The number of benzene rings is 1. The Hall–Kier alpha value is -0.860. The first-order chi connectivity index (χ1) is 8.13. The van der Waals surface area contributed by atoms with Gasteiger partial charge in [-0.25, -0.2) is 0 Å². The Labute approximate surface area is 104 Å². The van der Waals surface area contributed by atoms with Crippen molar-refractivity contribution < 1.29 is 5.11 Å². The molecular weight excluding hydrogens is 210 g/mol. The number of aliphatic hydroxyl groups is 1. The summed E-state index contributed by atoms with van der Waals surface area (Å²) in [4.78, 5) is 0. The summed E-state index contributed by atoms with van der Waals surface area (Å²) in [5.74, 6) is 0. The molecule has 1 fully saturated rings. The zero-order chi connectivity index (χ0) is 12.3. The summed E-state index contributed by atoms with van der Waals surface area (Å²) >= 11 is 0. The van der Waals surface area contributed by atoms with Crippen molar-refractivity contribution in [2.45, 2.75) is 58.2 Å². The van der Waals surface area contributed by atoms with E-state index >= 15 is 0 Å². The van der Waals surface area contributed by atoms with E-state index in [0.717, 1.165) is 32.2 Å². The monoisotopic (exact) mass is 233 g/mol. The van der Waals surface area contributed by atoms with E-state index in [1.54, 1.807) is 0 Å². The van der Waals surface area contributed by atoms with Crippen molar-refractivity contribution in [3.8, 4) is 0 Å². The fourth-order valence-electron chi connectivity index (χ4n) is 2.71. The maximum absolute atomic E-state index is 9.46. The van der Waals surface area contributed by atoms with Crippen LogP contribution >= 0.6 is 0 Å². The molecule has 0 spiro atoms.